The van der Waals surface area contributed by atoms with E-state index in [0.717, 1.165) is 0 Å². The molecule has 0 saturated carbocycles. The molecule has 0 unspecified atom stereocenters. The molecule has 0 radical (unpaired) electrons. The summed E-state index contributed by atoms with van der Waals surface area (Å²) in [7, 11) is 0. The maximum atomic E-state index is 5.90. The molecule has 2 rings (SSSR count). The van der Waals surface area contributed by atoms with Gasteiger partial charge in [0.25, 0.3) is 0 Å². The van der Waals surface area contributed by atoms with Crippen LogP contribution in [0.3, 0.4) is 0 Å². The predicted octanol–water partition coefficient (Wildman–Crippen LogP) is 1.89. The molecule has 2 N–H and O–H groups in total. The number of nitrogen functional groups attached to an aromatic ring is 1. The van der Waals surface area contributed by atoms with Crippen LogP contribution in [0.2, 0.25) is 5.15 Å². The van der Waals surface area contributed by atoms with Gasteiger partial charge in [-0.2, -0.15) is 4.98 Å². The van der Waals surface area contributed by atoms with Crippen molar-refractivity contribution in [1.82, 2.24) is 20.1 Å². The third kappa shape index (κ3) is 1.83. The van der Waals surface area contributed by atoms with Crippen molar-refractivity contribution in [1.29, 1.82) is 0 Å². The van der Waals surface area contributed by atoms with Crippen molar-refractivity contribution in [2.75, 3.05) is 5.73 Å². The van der Waals surface area contributed by atoms with E-state index in [0.29, 0.717) is 17.3 Å². The summed E-state index contributed by atoms with van der Waals surface area (Å²) >= 11 is 5.90. The van der Waals surface area contributed by atoms with Gasteiger partial charge >= 0.3 is 0 Å². The van der Waals surface area contributed by atoms with E-state index in [-0.39, 0.29) is 16.9 Å². The van der Waals surface area contributed by atoms with E-state index in [1.54, 1.807) is 0 Å². The van der Waals surface area contributed by atoms with Crippen LogP contribution >= 0.6 is 11.6 Å². The van der Waals surface area contributed by atoms with Crippen molar-refractivity contribution in [2.24, 2.45) is 0 Å². The van der Waals surface area contributed by atoms with Crippen molar-refractivity contribution in [2.45, 2.75) is 19.8 Å². The molecular weight excluding hydrogens is 230 g/mol. The zero-order valence-electron chi connectivity index (χ0n) is 8.81. The van der Waals surface area contributed by atoms with E-state index in [1.165, 1.54) is 6.33 Å². The predicted molar refractivity (Wildman–Crippen MR) is 58.8 cm³/mol. The zero-order chi connectivity index (χ0) is 11.7. The van der Waals surface area contributed by atoms with E-state index >= 15 is 0 Å². The third-order valence-corrected chi connectivity index (χ3v) is 2.28. The zero-order valence-corrected chi connectivity index (χ0v) is 9.56. The molecule has 6 nitrogen and oxygen atoms in total. The molecule has 0 saturated heterocycles. The first-order chi connectivity index (χ1) is 7.59. The molecule has 0 aliphatic rings. The first-order valence-electron chi connectivity index (χ1n) is 4.69. The second kappa shape index (κ2) is 4.05. The van der Waals surface area contributed by atoms with Crippen molar-refractivity contribution >= 4 is 17.4 Å². The molecular formula is C9H10ClN5O. The van der Waals surface area contributed by atoms with E-state index in [4.69, 9.17) is 21.9 Å². The summed E-state index contributed by atoms with van der Waals surface area (Å²) in [5.74, 6) is 1.21. The standard InChI is InChI=1S/C9H10ClN5O/c1-4(2)9-14-8(15-16-9)5-6(10)12-3-13-7(5)11/h3-4H,1-2H3,(H2,11,12,13). The summed E-state index contributed by atoms with van der Waals surface area (Å²) in [6, 6.07) is 0. The molecule has 2 heterocycles. The number of nitrogens with zero attached hydrogens (tertiary/aromatic N) is 4. The van der Waals surface area contributed by atoms with Crippen LogP contribution in [0.5, 0.6) is 0 Å². The minimum absolute atomic E-state index is 0.144. The van der Waals surface area contributed by atoms with Crippen LogP contribution in [0.15, 0.2) is 10.9 Å². The van der Waals surface area contributed by atoms with Gasteiger partial charge in [-0.1, -0.05) is 30.6 Å². The van der Waals surface area contributed by atoms with Crippen LogP contribution in [0, 0.1) is 0 Å². The molecule has 2 aromatic heterocycles. The summed E-state index contributed by atoms with van der Waals surface area (Å²) in [6.45, 7) is 3.90. The van der Waals surface area contributed by atoms with Gasteiger partial charge in [-0.15, -0.1) is 0 Å². The van der Waals surface area contributed by atoms with Crippen LogP contribution in [-0.2, 0) is 0 Å². The maximum Gasteiger partial charge on any atom is 0.229 e. The molecule has 0 spiro atoms. The molecule has 7 heteroatoms. The number of nitrogens with two attached hydrogens (primary N) is 1. The number of aromatic nitrogens is 4. The fourth-order valence-electron chi connectivity index (χ4n) is 1.15. The molecule has 84 valence electrons. The average Bonchev–Trinajstić information content (AvgIpc) is 2.66. The molecule has 0 aromatic carbocycles. The van der Waals surface area contributed by atoms with Crippen molar-refractivity contribution in [3.8, 4) is 11.4 Å². The normalized spacial score (nSPS) is 11.0. The highest BCUT2D eigenvalue weighted by Gasteiger charge is 2.17. The Balaban J connectivity index is 2.50. The van der Waals surface area contributed by atoms with E-state index < -0.39 is 0 Å². The Morgan fingerprint density at radius 1 is 1.38 bits per heavy atom. The highest BCUT2D eigenvalue weighted by atomic mass is 35.5. The minimum Gasteiger partial charge on any atom is -0.383 e. The quantitative estimate of drug-likeness (QED) is 0.805. The molecule has 0 fully saturated rings. The molecule has 0 atom stereocenters. The molecule has 0 aliphatic heterocycles. The number of halogens is 1. The molecule has 16 heavy (non-hydrogen) atoms. The summed E-state index contributed by atoms with van der Waals surface area (Å²) in [5.41, 5.74) is 6.08. The Kier molecular flexibility index (Phi) is 2.74. The first kappa shape index (κ1) is 10.8. The number of hydrogen-bond acceptors (Lipinski definition) is 6. The SMILES string of the molecule is CC(C)c1nc(-c2c(N)ncnc2Cl)no1. The van der Waals surface area contributed by atoms with Gasteiger partial charge in [0, 0.05) is 5.92 Å². The van der Waals surface area contributed by atoms with Gasteiger partial charge in [0.2, 0.25) is 11.7 Å². The molecule has 0 amide bonds. The summed E-state index contributed by atoms with van der Waals surface area (Å²) in [4.78, 5) is 11.8. The summed E-state index contributed by atoms with van der Waals surface area (Å²) < 4.78 is 5.06. The maximum absolute atomic E-state index is 5.90. The Labute approximate surface area is 96.9 Å². The Morgan fingerprint density at radius 2 is 2.12 bits per heavy atom. The second-order valence-electron chi connectivity index (χ2n) is 3.54. The Bertz CT molecular complexity index is 490. The van der Waals surface area contributed by atoms with Crippen molar-refractivity contribution in [3.05, 3.63) is 17.4 Å². The van der Waals surface area contributed by atoms with E-state index in [2.05, 4.69) is 20.1 Å². The van der Waals surface area contributed by atoms with Crippen LogP contribution in [0.4, 0.5) is 5.82 Å². The lowest BCUT2D eigenvalue weighted by Crippen LogP contribution is -1.97. The lowest BCUT2D eigenvalue weighted by Gasteiger charge is -2.00. The first-order valence-corrected chi connectivity index (χ1v) is 5.07. The highest BCUT2D eigenvalue weighted by molar-refractivity contribution is 6.32. The lowest BCUT2D eigenvalue weighted by atomic mass is 10.2. The highest BCUT2D eigenvalue weighted by Crippen LogP contribution is 2.28. The van der Waals surface area contributed by atoms with Crippen LogP contribution < -0.4 is 5.73 Å². The average molecular weight is 240 g/mol. The van der Waals surface area contributed by atoms with Gasteiger partial charge in [0.15, 0.2) is 0 Å². The van der Waals surface area contributed by atoms with E-state index in [1.807, 2.05) is 13.8 Å². The number of hydrogen-bond donors (Lipinski definition) is 1. The Hall–Kier alpha value is -1.69. The third-order valence-electron chi connectivity index (χ3n) is 1.99. The largest absolute Gasteiger partial charge is 0.383 e. The van der Waals surface area contributed by atoms with Gasteiger partial charge < -0.3 is 10.3 Å². The second-order valence-corrected chi connectivity index (χ2v) is 3.89. The minimum atomic E-state index is 0.144. The number of anilines is 1. The van der Waals surface area contributed by atoms with Gasteiger partial charge in [-0.25, -0.2) is 9.97 Å². The topological polar surface area (TPSA) is 90.7 Å². The molecule has 0 aliphatic carbocycles. The van der Waals surface area contributed by atoms with E-state index in [9.17, 15) is 0 Å². The number of rotatable bonds is 2. The molecule has 2 aromatic rings. The van der Waals surface area contributed by atoms with Gasteiger partial charge in [-0.3, -0.25) is 0 Å². The van der Waals surface area contributed by atoms with Gasteiger partial charge in [0.1, 0.15) is 22.9 Å². The van der Waals surface area contributed by atoms with Gasteiger partial charge in [0.05, 0.1) is 0 Å². The van der Waals surface area contributed by atoms with Gasteiger partial charge in [-0.05, 0) is 0 Å². The lowest BCUT2D eigenvalue weighted by molar-refractivity contribution is 0.365. The molecule has 0 bridgehead atoms. The van der Waals surface area contributed by atoms with Crippen LogP contribution in [0.1, 0.15) is 25.7 Å². The summed E-state index contributed by atoms with van der Waals surface area (Å²) in [6.07, 6.45) is 1.28. The monoisotopic (exact) mass is 239 g/mol. The fraction of sp³-hybridized carbons (Fsp3) is 0.333. The van der Waals surface area contributed by atoms with Crippen LogP contribution in [-0.4, -0.2) is 20.1 Å². The van der Waals surface area contributed by atoms with Crippen molar-refractivity contribution in [3.63, 3.8) is 0 Å². The fourth-order valence-corrected chi connectivity index (χ4v) is 1.38. The van der Waals surface area contributed by atoms with Crippen molar-refractivity contribution < 1.29 is 4.52 Å². The smallest absolute Gasteiger partial charge is 0.229 e. The Morgan fingerprint density at radius 3 is 2.69 bits per heavy atom. The summed E-state index contributed by atoms with van der Waals surface area (Å²) in [5, 5.41) is 4.01. The van der Waals surface area contributed by atoms with Crippen LogP contribution in [0.25, 0.3) is 11.4 Å².